The predicted molar refractivity (Wildman–Crippen MR) is 82.6 cm³/mol. The lowest BCUT2D eigenvalue weighted by molar-refractivity contribution is -0.148. The van der Waals surface area contributed by atoms with E-state index in [0.717, 1.165) is 37.0 Å². The highest BCUT2D eigenvalue weighted by Crippen LogP contribution is 2.35. The summed E-state index contributed by atoms with van der Waals surface area (Å²) in [6, 6.07) is 7.63. The van der Waals surface area contributed by atoms with Crippen LogP contribution < -0.4 is 10.1 Å². The van der Waals surface area contributed by atoms with E-state index < -0.39 is 5.54 Å². The van der Waals surface area contributed by atoms with Crippen LogP contribution in [-0.4, -0.2) is 41.9 Å². The first kappa shape index (κ1) is 14.9. The van der Waals surface area contributed by atoms with Crippen molar-refractivity contribution in [1.82, 2.24) is 10.2 Å². The molecule has 2 saturated heterocycles. The van der Waals surface area contributed by atoms with E-state index in [9.17, 15) is 9.59 Å². The van der Waals surface area contributed by atoms with Crippen LogP contribution in [-0.2, 0) is 9.59 Å². The number of piperidine rings is 1. The quantitative estimate of drug-likeness (QED) is 0.923. The topological polar surface area (TPSA) is 58.6 Å². The van der Waals surface area contributed by atoms with E-state index in [1.165, 1.54) is 0 Å². The molecule has 2 aliphatic heterocycles. The Bertz CT molecular complexity index is 587. The fourth-order valence-electron chi connectivity index (χ4n) is 3.53. The van der Waals surface area contributed by atoms with Crippen molar-refractivity contribution in [3.8, 4) is 5.75 Å². The molecule has 1 spiro atoms. The van der Waals surface area contributed by atoms with Crippen LogP contribution in [0.5, 0.6) is 5.75 Å². The van der Waals surface area contributed by atoms with Gasteiger partial charge in [0.05, 0.1) is 0 Å². The number of aryl methyl sites for hydroxylation is 1. The summed E-state index contributed by atoms with van der Waals surface area (Å²) < 4.78 is 5.66. The number of benzene rings is 1. The Morgan fingerprint density at radius 2 is 2.09 bits per heavy atom. The predicted octanol–water partition coefficient (Wildman–Crippen LogP) is 1.65. The molecule has 1 atom stereocenters. The van der Waals surface area contributed by atoms with Gasteiger partial charge in [0.25, 0.3) is 5.91 Å². The molecule has 5 heteroatoms. The monoisotopic (exact) mass is 302 g/mol. The zero-order chi connectivity index (χ0) is 15.6. The largest absolute Gasteiger partial charge is 0.484 e. The lowest BCUT2D eigenvalue weighted by Gasteiger charge is -2.40. The number of hydrogen-bond acceptors (Lipinski definition) is 3. The molecule has 2 heterocycles. The molecule has 0 aromatic heterocycles. The van der Waals surface area contributed by atoms with Gasteiger partial charge in [-0.25, -0.2) is 0 Å². The molecule has 3 rings (SSSR count). The number of ether oxygens (including phenoxy) is 1. The minimum atomic E-state index is -0.634. The highest BCUT2D eigenvalue weighted by Gasteiger charge is 2.50. The van der Waals surface area contributed by atoms with Crippen LogP contribution in [0.1, 0.15) is 31.2 Å². The molecule has 0 saturated carbocycles. The summed E-state index contributed by atoms with van der Waals surface area (Å²) >= 11 is 0. The third-order valence-corrected chi connectivity index (χ3v) is 4.71. The molecule has 1 aromatic carbocycles. The Morgan fingerprint density at radius 3 is 2.86 bits per heavy atom. The standard InChI is InChI=1S/C17H22N2O3/c1-13-6-2-3-7-14(13)22-12-15(20)19-11-5-9-17(19)8-4-10-18-16(17)21/h2-3,6-7H,4-5,8-12H2,1H3,(H,18,21). The van der Waals surface area contributed by atoms with Crippen molar-refractivity contribution < 1.29 is 14.3 Å². The van der Waals surface area contributed by atoms with Crippen LogP contribution in [0.2, 0.25) is 0 Å². The van der Waals surface area contributed by atoms with Crippen LogP contribution in [0, 0.1) is 6.92 Å². The minimum Gasteiger partial charge on any atom is -0.484 e. The Balaban J connectivity index is 1.69. The lowest BCUT2D eigenvalue weighted by atomic mass is 9.86. The minimum absolute atomic E-state index is 0.000455. The second-order valence-electron chi connectivity index (χ2n) is 6.09. The molecule has 1 N–H and O–H groups in total. The van der Waals surface area contributed by atoms with E-state index >= 15 is 0 Å². The molecule has 5 nitrogen and oxygen atoms in total. The van der Waals surface area contributed by atoms with E-state index in [1.54, 1.807) is 4.90 Å². The van der Waals surface area contributed by atoms with Crippen LogP contribution in [0.15, 0.2) is 24.3 Å². The van der Waals surface area contributed by atoms with Gasteiger partial charge in [-0.1, -0.05) is 18.2 Å². The molecule has 2 aliphatic rings. The number of nitrogens with zero attached hydrogens (tertiary/aromatic N) is 1. The van der Waals surface area contributed by atoms with Crippen molar-refractivity contribution in [3.63, 3.8) is 0 Å². The van der Waals surface area contributed by atoms with Gasteiger partial charge >= 0.3 is 0 Å². The maximum absolute atomic E-state index is 12.6. The van der Waals surface area contributed by atoms with Gasteiger partial charge in [-0.3, -0.25) is 9.59 Å². The zero-order valence-corrected chi connectivity index (χ0v) is 12.9. The summed E-state index contributed by atoms with van der Waals surface area (Å²) in [5.74, 6) is 0.621. The zero-order valence-electron chi connectivity index (χ0n) is 12.9. The van der Waals surface area contributed by atoms with Gasteiger partial charge in [-0.2, -0.15) is 0 Å². The fraction of sp³-hybridized carbons (Fsp3) is 0.529. The number of carbonyl (C=O) groups is 2. The molecule has 22 heavy (non-hydrogen) atoms. The van der Waals surface area contributed by atoms with E-state index in [2.05, 4.69) is 5.32 Å². The first-order valence-corrected chi connectivity index (χ1v) is 7.91. The van der Waals surface area contributed by atoms with Crippen molar-refractivity contribution in [1.29, 1.82) is 0 Å². The third-order valence-electron chi connectivity index (χ3n) is 4.71. The van der Waals surface area contributed by atoms with Gasteiger partial charge in [0.15, 0.2) is 6.61 Å². The highest BCUT2D eigenvalue weighted by atomic mass is 16.5. The Labute approximate surface area is 130 Å². The van der Waals surface area contributed by atoms with Gasteiger partial charge in [0.1, 0.15) is 11.3 Å². The lowest BCUT2D eigenvalue weighted by Crippen LogP contribution is -2.60. The molecule has 0 bridgehead atoms. The maximum Gasteiger partial charge on any atom is 0.261 e. The second kappa shape index (κ2) is 5.99. The van der Waals surface area contributed by atoms with Crippen LogP contribution in [0.4, 0.5) is 0 Å². The van der Waals surface area contributed by atoms with Crippen molar-refractivity contribution in [2.24, 2.45) is 0 Å². The number of likely N-dealkylation sites (tertiary alicyclic amines) is 1. The molecular weight excluding hydrogens is 280 g/mol. The summed E-state index contributed by atoms with van der Waals surface area (Å²) in [4.78, 5) is 26.6. The van der Waals surface area contributed by atoms with E-state index in [1.807, 2.05) is 31.2 Å². The Hall–Kier alpha value is -2.04. The Morgan fingerprint density at radius 1 is 1.32 bits per heavy atom. The van der Waals surface area contributed by atoms with Gasteiger partial charge in [-0.05, 0) is 44.2 Å². The maximum atomic E-state index is 12.6. The van der Waals surface area contributed by atoms with Gasteiger partial charge < -0.3 is 15.0 Å². The molecule has 1 unspecified atom stereocenters. The average Bonchev–Trinajstić information content (AvgIpc) is 2.94. The number of amides is 2. The first-order chi connectivity index (χ1) is 10.6. The van der Waals surface area contributed by atoms with Gasteiger partial charge in [0.2, 0.25) is 5.91 Å². The number of rotatable bonds is 3. The van der Waals surface area contributed by atoms with E-state index in [-0.39, 0.29) is 18.4 Å². The molecule has 2 amide bonds. The number of para-hydroxylation sites is 1. The summed E-state index contributed by atoms with van der Waals surface area (Å²) in [5, 5.41) is 2.91. The summed E-state index contributed by atoms with van der Waals surface area (Å²) in [6.07, 6.45) is 3.32. The van der Waals surface area contributed by atoms with Gasteiger partial charge in [0, 0.05) is 13.1 Å². The number of nitrogens with one attached hydrogen (secondary N) is 1. The van der Waals surface area contributed by atoms with Crippen LogP contribution >= 0.6 is 0 Å². The van der Waals surface area contributed by atoms with Crippen LogP contribution in [0.25, 0.3) is 0 Å². The smallest absolute Gasteiger partial charge is 0.261 e. The summed E-state index contributed by atoms with van der Waals surface area (Å²) in [6.45, 7) is 3.29. The molecular formula is C17H22N2O3. The molecule has 0 radical (unpaired) electrons. The van der Waals surface area contributed by atoms with E-state index in [0.29, 0.717) is 13.1 Å². The number of carbonyl (C=O) groups excluding carboxylic acids is 2. The summed E-state index contributed by atoms with van der Waals surface area (Å²) in [7, 11) is 0. The second-order valence-corrected chi connectivity index (χ2v) is 6.09. The van der Waals surface area contributed by atoms with E-state index in [4.69, 9.17) is 4.74 Å². The SMILES string of the molecule is Cc1ccccc1OCC(=O)N1CCCC12CCCNC2=O. The highest BCUT2D eigenvalue weighted by molar-refractivity contribution is 5.93. The van der Waals surface area contributed by atoms with Crippen molar-refractivity contribution in [2.75, 3.05) is 19.7 Å². The Kier molecular flexibility index (Phi) is 4.05. The molecule has 0 aliphatic carbocycles. The van der Waals surface area contributed by atoms with Crippen molar-refractivity contribution in [3.05, 3.63) is 29.8 Å². The van der Waals surface area contributed by atoms with Crippen molar-refractivity contribution >= 4 is 11.8 Å². The molecule has 118 valence electrons. The average molecular weight is 302 g/mol. The third kappa shape index (κ3) is 2.56. The molecule has 2 fully saturated rings. The molecule has 1 aromatic rings. The van der Waals surface area contributed by atoms with Crippen LogP contribution in [0.3, 0.4) is 0 Å². The summed E-state index contributed by atoms with van der Waals surface area (Å²) in [5.41, 5.74) is 0.367. The fourth-order valence-corrected chi connectivity index (χ4v) is 3.53. The number of hydrogen-bond donors (Lipinski definition) is 1. The normalized spacial score (nSPS) is 24.4. The van der Waals surface area contributed by atoms with Gasteiger partial charge in [-0.15, -0.1) is 0 Å². The first-order valence-electron chi connectivity index (χ1n) is 7.91. The van der Waals surface area contributed by atoms with Crippen molar-refractivity contribution in [2.45, 2.75) is 38.1 Å².